The maximum atomic E-state index is 11.8. The first-order valence-corrected chi connectivity index (χ1v) is 8.50. The van der Waals surface area contributed by atoms with Gasteiger partial charge in [0, 0.05) is 6.42 Å². The van der Waals surface area contributed by atoms with E-state index in [0.29, 0.717) is 6.42 Å². The lowest BCUT2D eigenvalue weighted by Crippen LogP contribution is -2.64. The van der Waals surface area contributed by atoms with Crippen molar-refractivity contribution < 1.29 is 35.1 Å². The highest BCUT2D eigenvalue weighted by Gasteiger charge is 2.50. The molecule has 0 spiro atoms. The van der Waals surface area contributed by atoms with Crippen molar-refractivity contribution in [2.75, 3.05) is 0 Å². The Morgan fingerprint density at radius 2 is 1.17 bits per heavy atom. The lowest BCUT2D eigenvalue weighted by atomic mass is 9.85. The van der Waals surface area contributed by atoms with E-state index in [-0.39, 0.29) is 6.42 Å². The van der Waals surface area contributed by atoms with Crippen molar-refractivity contribution in [1.82, 2.24) is 0 Å². The summed E-state index contributed by atoms with van der Waals surface area (Å²) in [7, 11) is 0. The lowest BCUT2D eigenvalue weighted by Gasteiger charge is -2.41. The van der Waals surface area contributed by atoms with Crippen molar-refractivity contribution in [3.8, 4) is 0 Å². The number of carbonyl (C=O) groups is 1. The predicted octanol–water partition coefficient (Wildman–Crippen LogP) is -0.143. The van der Waals surface area contributed by atoms with E-state index in [4.69, 9.17) is 4.74 Å². The minimum absolute atomic E-state index is 0.151. The molecule has 0 radical (unpaired) electrons. The first kappa shape index (κ1) is 20.3. The topological polar surface area (TPSA) is 127 Å². The maximum Gasteiger partial charge on any atom is 0.306 e. The molecule has 0 aromatic heterocycles. The summed E-state index contributed by atoms with van der Waals surface area (Å²) in [5, 5.41) is 48.1. The molecule has 1 aliphatic carbocycles. The van der Waals surface area contributed by atoms with Crippen LogP contribution in [0.2, 0.25) is 0 Å². The molecule has 1 fully saturated rings. The van der Waals surface area contributed by atoms with Crippen LogP contribution in [0, 0.1) is 0 Å². The highest BCUT2D eigenvalue weighted by atomic mass is 16.6. The van der Waals surface area contributed by atoms with Crippen LogP contribution in [0.15, 0.2) is 0 Å². The molecule has 7 heteroatoms. The van der Waals surface area contributed by atoms with Gasteiger partial charge in [0.25, 0.3) is 0 Å². The molecule has 0 amide bonds. The number of hydrogen-bond donors (Lipinski definition) is 5. The smallest absolute Gasteiger partial charge is 0.306 e. The van der Waals surface area contributed by atoms with Crippen molar-refractivity contribution in [2.24, 2.45) is 0 Å². The molecule has 0 heterocycles. The van der Waals surface area contributed by atoms with Gasteiger partial charge in [0.05, 0.1) is 0 Å². The summed E-state index contributed by atoms with van der Waals surface area (Å²) in [4.78, 5) is 11.8. The molecule has 136 valence electrons. The third kappa shape index (κ3) is 6.00. The fraction of sp³-hybridized carbons (Fsp3) is 0.938. The molecule has 1 aliphatic rings. The molecule has 0 aromatic rings. The molecule has 0 aromatic carbocycles. The van der Waals surface area contributed by atoms with Gasteiger partial charge in [0.2, 0.25) is 0 Å². The quantitative estimate of drug-likeness (QED) is 0.293. The number of ether oxygens (including phenoxy) is 1. The molecule has 5 N–H and O–H groups in total. The molecule has 4 unspecified atom stereocenters. The van der Waals surface area contributed by atoms with Crippen molar-refractivity contribution in [3.05, 3.63) is 0 Å². The van der Waals surface area contributed by atoms with E-state index >= 15 is 0 Å². The minimum Gasteiger partial charge on any atom is -0.457 e. The highest BCUT2D eigenvalue weighted by Crippen LogP contribution is 2.24. The van der Waals surface area contributed by atoms with Crippen LogP contribution in [-0.2, 0) is 9.53 Å². The number of rotatable bonds is 9. The van der Waals surface area contributed by atoms with Gasteiger partial charge in [-0.2, -0.15) is 0 Å². The standard InChI is InChI=1S/C16H30O7/c1-2-3-4-5-6-7-8-9-10(17)23-16-14(21)12(19)11(18)13(20)15(16)22/h11-16,18-22H,2-9H2,1H3. The number of aliphatic hydroxyl groups excluding tert-OH is 5. The summed E-state index contributed by atoms with van der Waals surface area (Å²) in [6.45, 7) is 2.15. The van der Waals surface area contributed by atoms with Gasteiger partial charge in [-0.3, -0.25) is 4.79 Å². The van der Waals surface area contributed by atoms with Gasteiger partial charge in [0.1, 0.15) is 30.5 Å². The summed E-state index contributed by atoms with van der Waals surface area (Å²) < 4.78 is 4.98. The van der Waals surface area contributed by atoms with E-state index in [1.54, 1.807) is 0 Å². The second-order valence-corrected chi connectivity index (χ2v) is 6.28. The normalized spacial score (nSPS) is 34.3. The lowest BCUT2D eigenvalue weighted by molar-refractivity contribution is -0.233. The second-order valence-electron chi connectivity index (χ2n) is 6.28. The molecule has 0 saturated heterocycles. The van der Waals surface area contributed by atoms with E-state index in [1.807, 2.05) is 0 Å². The zero-order valence-corrected chi connectivity index (χ0v) is 13.7. The molecule has 0 aliphatic heterocycles. The summed E-state index contributed by atoms with van der Waals surface area (Å²) in [6, 6.07) is 0. The van der Waals surface area contributed by atoms with E-state index in [1.165, 1.54) is 19.3 Å². The van der Waals surface area contributed by atoms with Gasteiger partial charge < -0.3 is 30.3 Å². The van der Waals surface area contributed by atoms with Crippen molar-refractivity contribution in [2.45, 2.75) is 94.9 Å². The summed E-state index contributed by atoms with van der Waals surface area (Å²) in [5.74, 6) is -0.600. The van der Waals surface area contributed by atoms with Crippen LogP contribution in [0.3, 0.4) is 0 Å². The summed E-state index contributed by atoms with van der Waals surface area (Å²) >= 11 is 0. The zero-order valence-electron chi connectivity index (χ0n) is 13.7. The van der Waals surface area contributed by atoms with Crippen LogP contribution in [0.4, 0.5) is 0 Å². The Balaban J connectivity index is 2.30. The van der Waals surface area contributed by atoms with Crippen LogP contribution in [0.25, 0.3) is 0 Å². The van der Waals surface area contributed by atoms with Gasteiger partial charge in [-0.05, 0) is 6.42 Å². The molecule has 23 heavy (non-hydrogen) atoms. The molecular weight excluding hydrogens is 304 g/mol. The van der Waals surface area contributed by atoms with E-state index < -0.39 is 42.6 Å². The van der Waals surface area contributed by atoms with Crippen LogP contribution in [0.5, 0.6) is 0 Å². The van der Waals surface area contributed by atoms with Crippen LogP contribution in [0.1, 0.15) is 58.3 Å². The number of carbonyl (C=O) groups excluding carboxylic acids is 1. The minimum atomic E-state index is -1.68. The number of esters is 1. The summed E-state index contributed by atoms with van der Waals surface area (Å²) in [5.41, 5.74) is 0. The van der Waals surface area contributed by atoms with E-state index in [2.05, 4.69) is 6.92 Å². The SMILES string of the molecule is CCCCCCCCCC(=O)OC1C(O)C(O)C(O)C(O)C1O. The van der Waals surface area contributed by atoms with Crippen molar-refractivity contribution in [3.63, 3.8) is 0 Å². The molecule has 7 nitrogen and oxygen atoms in total. The van der Waals surface area contributed by atoms with Crippen LogP contribution in [-0.4, -0.2) is 68.1 Å². The fourth-order valence-corrected chi connectivity index (χ4v) is 2.77. The van der Waals surface area contributed by atoms with Gasteiger partial charge in [-0.25, -0.2) is 0 Å². The number of unbranched alkanes of at least 4 members (excludes halogenated alkanes) is 6. The van der Waals surface area contributed by atoms with E-state index in [0.717, 1.165) is 19.3 Å². The Bertz CT molecular complexity index is 333. The summed E-state index contributed by atoms with van der Waals surface area (Å²) in [6.07, 6.45) is -2.27. The molecule has 4 atom stereocenters. The Kier molecular flexibility index (Phi) is 9.01. The molecular formula is C16H30O7. The average molecular weight is 334 g/mol. The van der Waals surface area contributed by atoms with Crippen LogP contribution < -0.4 is 0 Å². The van der Waals surface area contributed by atoms with Crippen molar-refractivity contribution >= 4 is 5.97 Å². The second kappa shape index (κ2) is 10.2. The van der Waals surface area contributed by atoms with Gasteiger partial charge in [-0.1, -0.05) is 45.4 Å². The van der Waals surface area contributed by atoms with E-state index in [9.17, 15) is 30.3 Å². The van der Waals surface area contributed by atoms with Crippen LogP contribution >= 0.6 is 0 Å². The monoisotopic (exact) mass is 334 g/mol. The molecule has 0 bridgehead atoms. The van der Waals surface area contributed by atoms with Crippen molar-refractivity contribution in [1.29, 1.82) is 0 Å². The predicted molar refractivity (Wildman–Crippen MR) is 82.5 cm³/mol. The third-order valence-electron chi connectivity index (χ3n) is 4.32. The van der Waals surface area contributed by atoms with Gasteiger partial charge in [0.15, 0.2) is 6.10 Å². The maximum absolute atomic E-state index is 11.8. The fourth-order valence-electron chi connectivity index (χ4n) is 2.77. The first-order chi connectivity index (χ1) is 10.9. The van der Waals surface area contributed by atoms with Gasteiger partial charge >= 0.3 is 5.97 Å². The Hall–Kier alpha value is -0.730. The Labute approximate surface area is 136 Å². The Morgan fingerprint density at radius 1 is 0.739 bits per heavy atom. The number of hydrogen-bond acceptors (Lipinski definition) is 7. The largest absolute Gasteiger partial charge is 0.457 e. The zero-order chi connectivity index (χ0) is 17.4. The molecule has 1 saturated carbocycles. The van der Waals surface area contributed by atoms with Gasteiger partial charge in [-0.15, -0.1) is 0 Å². The first-order valence-electron chi connectivity index (χ1n) is 8.50. The molecule has 1 rings (SSSR count). The third-order valence-corrected chi connectivity index (χ3v) is 4.32. The number of aliphatic hydroxyl groups is 5. The highest BCUT2D eigenvalue weighted by molar-refractivity contribution is 5.69. The average Bonchev–Trinajstić information content (AvgIpc) is 2.54. The Morgan fingerprint density at radius 3 is 1.70 bits per heavy atom.